The predicted molar refractivity (Wildman–Crippen MR) is 147 cm³/mol. The minimum atomic E-state index is -0.221. The fraction of sp³-hybridized carbons (Fsp3) is 0.406. The molecular formula is C32H36N4. The second-order valence-corrected chi connectivity index (χ2v) is 10.00. The summed E-state index contributed by atoms with van der Waals surface area (Å²) in [5.41, 5.74) is 4.07. The van der Waals surface area contributed by atoms with E-state index in [4.69, 9.17) is 10.5 Å². The Balaban J connectivity index is 1.91. The van der Waals surface area contributed by atoms with Crippen molar-refractivity contribution in [1.82, 2.24) is 0 Å². The summed E-state index contributed by atoms with van der Waals surface area (Å²) in [5, 5.41) is 29.7. The van der Waals surface area contributed by atoms with E-state index in [9.17, 15) is 5.26 Å². The van der Waals surface area contributed by atoms with Gasteiger partial charge in [-0.3, -0.25) is 0 Å². The minimum absolute atomic E-state index is 0.0716. The highest BCUT2D eigenvalue weighted by Gasteiger charge is 2.39. The van der Waals surface area contributed by atoms with E-state index in [2.05, 4.69) is 56.0 Å². The van der Waals surface area contributed by atoms with E-state index in [-0.39, 0.29) is 11.0 Å². The fourth-order valence-electron chi connectivity index (χ4n) is 5.03. The van der Waals surface area contributed by atoms with Gasteiger partial charge in [0, 0.05) is 28.6 Å². The van der Waals surface area contributed by atoms with Gasteiger partial charge in [0.15, 0.2) is 0 Å². The number of rotatable bonds is 10. The van der Waals surface area contributed by atoms with Gasteiger partial charge >= 0.3 is 0 Å². The maximum absolute atomic E-state index is 10.1. The van der Waals surface area contributed by atoms with Crippen LogP contribution in [0.1, 0.15) is 77.7 Å². The molecule has 0 N–H and O–H groups in total. The fourth-order valence-corrected chi connectivity index (χ4v) is 5.03. The minimum Gasteiger partial charge on any atom is -0.344 e. The van der Waals surface area contributed by atoms with Gasteiger partial charge < -0.3 is 4.90 Å². The Morgan fingerprint density at radius 2 is 1.36 bits per heavy atom. The lowest BCUT2D eigenvalue weighted by Gasteiger charge is -2.27. The highest BCUT2D eigenvalue weighted by atomic mass is 15.2. The van der Waals surface area contributed by atoms with Crippen LogP contribution in [0.4, 0.5) is 5.69 Å². The van der Waals surface area contributed by atoms with Gasteiger partial charge in [0.2, 0.25) is 0 Å². The zero-order chi connectivity index (χ0) is 26.0. The highest BCUT2D eigenvalue weighted by Crippen LogP contribution is 2.48. The van der Waals surface area contributed by atoms with Gasteiger partial charge in [0.05, 0.1) is 11.6 Å². The summed E-state index contributed by atoms with van der Waals surface area (Å²) >= 11 is 0. The Morgan fingerprint density at radius 3 is 1.97 bits per heavy atom. The quantitative estimate of drug-likeness (QED) is 0.373. The number of nitriles is 3. The van der Waals surface area contributed by atoms with Crippen LogP contribution in [0.3, 0.4) is 0 Å². The Kier molecular flexibility index (Phi) is 9.50. The molecule has 0 saturated heterocycles. The van der Waals surface area contributed by atoms with E-state index in [0.29, 0.717) is 10.8 Å². The van der Waals surface area contributed by atoms with Crippen LogP contribution in [0.15, 0.2) is 60.3 Å². The summed E-state index contributed by atoms with van der Waals surface area (Å²) in [4.78, 5) is 2.40. The van der Waals surface area contributed by atoms with Crippen molar-refractivity contribution in [2.24, 2.45) is 0 Å². The Hall–Kier alpha value is -3.81. The molecule has 0 fully saturated rings. The third-order valence-corrected chi connectivity index (χ3v) is 7.14. The average molecular weight is 477 g/mol. The lowest BCUT2D eigenvalue weighted by Crippen LogP contribution is -2.27. The van der Waals surface area contributed by atoms with Crippen LogP contribution in [0.25, 0.3) is 11.1 Å². The molecule has 3 rings (SSSR count). The van der Waals surface area contributed by atoms with Crippen molar-refractivity contribution < 1.29 is 0 Å². The first-order valence-electron chi connectivity index (χ1n) is 13.1. The molecule has 0 aliphatic carbocycles. The largest absolute Gasteiger partial charge is 0.344 e. The van der Waals surface area contributed by atoms with Crippen LogP contribution in [0.5, 0.6) is 0 Å². The first-order chi connectivity index (χ1) is 17.5. The number of hydrogen-bond acceptors (Lipinski definition) is 4. The molecular weight excluding hydrogens is 440 g/mol. The molecule has 4 nitrogen and oxygen atoms in total. The summed E-state index contributed by atoms with van der Waals surface area (Å²) in [5.74, 6) is 0. The molecule has 4 heteroatoms. The summed E-state index contributed by atoms with van der Waals surface area (Å²) < 4.78 is 0. The second-order valence-electron chi connectivity index (χ2n) is 10.00. The van der Waals surface area contributed by atoms with Crippen molar-refractivity contribution in [2.45, 2.75) is 77.6 Å². The van der Waals surface area contributed by atoms with E-state index < -0.39 is 0 Å². The molecule has 2 aromatic rings. The van der Waals surface area contributed by atoms with Crippen molar-refractivity contribution in [2.75, 3.05) is 11.4 Å². The topological polar surface area (TPSA) is 74.6 Å². The van der Waals surface area contributed by atoms with Gasteiger partial charge in [0.1, 0.15) is 17.7 Å². The number of anilines is 1. The second kappa shape index (κ2) is 12.8. The number of nitrogens with zero attached hydrogens (tertiary/aromatic N) is 4. The molecule has 1 aliphatic rings. The monoisotopic (exact) mass is 476 g/mol. The van der Waals surface area contributed by atoms with Gasteiger partial charge in [-0.1, -0.05) is 108 Å². The number of benzene rings is 2. The maximum Gasteiger partial charge on any atom is 0.136 e. The van der Waals surface area contributed by atoms with Crippen molar-refractivity contribution in [3.8, 4) is 18.2 Å². The molecule has 184 valence electrons. The van der Waals surface area contributed by atoms with E-state index in [1.807, 2.05) is 30.3 Å². The molecule has 1 heterocycles. The third kappa shape index (κ3) is 6.05. The zero-order valence-corrected chi connectivity index (χ0v) is 21.8. The number of fused-ring (bicyclic) bond motifs is 1. The van der Waals surface area contributed by atoms with Crippen LogP contribution in [0.2, 0.25) is 0 Å². The predicted octanol–water partition coefficient (Wildman–Crippen LogP) is 6.38. The third-order valence-electron chi connectivity index (χ3n) is 7.14. The smallest absolute Gasteiger partial charge is 0.136 e. The van der Waals surface area contributed by atoms with Gasteiger partial charge in [-0.25, -0.2) is 0 Å². The van der Waals surface area contributed by atoms with E-state index in [1.165, 1.54) is 56.2 Å². The molecule has 0 bridgehead atoms. The Bertz CT molecular complexity index is 1300. The van der Waals surface area contributed by atoms with Gasteiger partial charge in [-0.05, 0) is 29.3 Å². The molecule has 0 unspecified atom stereocenters. The van der Waals surface area contributed by atoms with Crippen LogP contribution >= 0.6 is 0 Å². The summed E-state index contributed by atoms with van der Waals surface area (Å²) in [6.07, 6.45) is 12.2. The molecule has 2 aromatic carbocycles. The molecule has 0 amide bonds. The van der Waals surface area contributed by atoms with Crippen LogP contribution in [-0.4, -0.2) is 6.54 Å². The molecule has 0 spiro atoms. The first kappa shape index (κ1) is 26.8. The van der Waals surface area contributed by atoms with Gasteiger partial charge in [-0.2, -0.15) is 15.8 Å². The lowest BCUT2D eigenvalue weighted by atomic mass is 9.83. The Morgan fingerprint density at radius 1 is 0.778 bits per heavy atom. The molecule has 0 aromatic heterocycles. The summed E-state index contributed by atoms with van der Waals surface area (Å²) in [6.45, 7) is 7.64. The maximum atomic E-state index is 10.1. The van der Waals surface area contributed by atoms with Crippen molar-refractivity contribution in [3.05, 3.63) is 76.3 Å². The molecule has 0 saturated carbocycles. The number of hydrogen-bond donors (Lipinski definition) is 0. The first-order valence-corrected chi connectivity index (χ1v) is 13.1. The van der Waals surface area contributed by atoms with E-state index in [1.54, 1.807) is 12.1 Å². The molecule has 1 aliphatic heterocycles. The van der Waals surface area contributed by atoms with Crippen LogP contribution in [-0.2, 0) is 5.41 Å². The zero-order valence-electron chi connectivity index (χ0n) is 21.8. The highest BCUT2D eigenvalue weighted by molar-refractivity contribution is 5.78. The van der Waals surface area contributed by atoms with Crippen molar-refractivity contribution in [3.63, 3.8) is 0 Å². The lowest BCUT2D eigenvalue weighted by molar-refractivity contribution is 0.570. The molecule has 36 heavy (non-hydrogen) atoms. The standard InChI is InChI=1S/C32H36N4/c1-4-5-6-7-8-9-10-13-20-36-30-15-12-11-14-29(30)32(2,3)31(36)21-27(22-33)25-16-18-26(19-17-25)28(23-34)24-35/h11-12,14-19,21H,4-10,13,20H2,1-3H3/b31-21+. The average Bonchev–Trinajstić information content (AvgIpc) is 3.11. The van der Waals surface area contributed by atoms with Crippen LogP contribution < -0.4 is 15.3 Å². The summed E-state index contributed by atoms with van der Waals surface area (Å²) in [7, 11) is 0. The van der Waals surface area contributed by atoms with Crippen LogP contribution in [0, 0.1) is 34.0 Å². The number of unbranched alkanes of at least 4 members (excludes halogenated alkanes) is 7. The molecule has 0 atom stereocenters. The van der Waals surface area contributed by atoms with Gasteiger partial charge in [-0.15, -0.1) is 0 Å². The van der Waals surface area contributed by atoms with Gasteiger partial charge in [0.25, 0.3) is 0 Å². The number of para-hydroxylation sites is 1. The van der Waals surface area contributed by atoms with E-state index >= 15 is 0 Å². The van der Waals surface area contributed by atoms with Crippen molar-refractivity contribution in [1.29, 1.82) is 15.8 Å². The summed E-state index contributed by atoms with van der Waals surface area (Å²) in [6, 6.07) is 21.9. The Labute approximate surface area is 216 Å². The number of allylic oxidation sites excluding steroid dienone is 2. The van der Waals surface area contributed by atoms with E-state index in [0.717, 1.165) is 23.9 Å². The SMILES string of the molecule is CCCCCCCCCCN1/C(=C/C(C#N)=c2ccc(=C(C#N)C#N)cc2)C(C)(C)c2ccccc21. The normalized spacial score (nSPS) is 14.6. The molecule has 0 radical (unpaired) electrons. The van der Waals surface area contributed by atoms with Crippen molar-refractivity contribution >= 4 is 16.8 Å².